The Bertz CT molecular complexity index is 1250. The lowest BCUT2D eigenvalue weighted by Gasteiger charge is -2.40. The quantitative estimate of drug-likeness (QED) is 0.534. The number of rotatable bonds is 5. The first-order chi connectivity index (χ1) is 16.1. The van der Waals surface area contributed by atoms with Gasteiger partial charge in [-0.3, -0.25) is 9.78 Å². The van der Waals surface area contributed by atoms with Gasteiger partial charge in [0.1, 0.15) is 11.4 Å². The van der Waals surface area contributed by atoms with E-state index in [0.29, 0.717) is 11.3 Å². The molecule has 0 saturated carbocycles. The van der Waals surface area contributed by atoms with Gasteiger partial charge in [0.15, 0.2) is 11.6 Å². The fraction of sp³-hybridized carbons (Fsp3) is 0.174. The molecule has 2 N–H and O–H groups in total. The summed E-state index contributed by atoms with van der Waals surface area (Å²) in [5.41, 5.74) is -0.987. The number of pyridine rings is 1. The first-order valence-corrected chi connectivity index (χ1v) is 9.89. The van der Waals surface area contributed by atoms with Crippen molar-refractivity contribution in [2.45, 2.75) is 18.3 Å². The number of carbonyl (C=O) groups excluding carboxylic acids is 1. The number of nitrogens with one attached hydrogen (secondary N) is 1. The fourth-order valence-corrected chi connectivity index (χ4v) is 3.78. The van der Waals surface area contributed by atoms with Crippen molar-refractivity contribution in [2.24, 2.45) is 0 Å². The standard InChI is InChI=1S/C23H16F4N2O5/c24-16-11-14(6-8-19(16)34-23(25,26)27)22(9-10-33-18-4-2-1-3-15(18)22)29-20(30)17-7-5-13(12-28-17)21(31)32/h1-8,11-12H,9-10H2,(H,29,30)(H,31,32)/t22-/m0/s1. The molecule has 7 nitrogen and oxygen atoms in total. The van der Waals surface area contributed by atoms with Gasteiger partial charge in [0, 0.05) is 18.2 Å². The Labute approximate surface area is 190 Å². The summed E-state index contributed by atoms with van der Waals surface area (Å²) in [4.78, 5) is 28.0. The summed E-state index contributed by atoms with van der Waals surface area (Å²) in [6.45, 7) is 0.116. The number of benzene rings is 2. The van der Waals surface area contributed by atoms with Crippen LogP contribution in [-0.4, -0.2) is 34.9 Å². The van der Waals surface area contributed by atoms with Gasteiger partial charge in [-0.2, -0.15) is 0 Å². The highest BCUT2D eigenvalue weighted by Crippen LogP contribution is 2.43. The number of alkyl halides is 3. The van der Waals surface area contributed by atoms with Gasteiger partial charge >= 0.3 is 12.3 Å². The molecule has 0 spiro atoms. The van der Waals surface area contributed by atoms with Crippen molar-refractivity contribution in [3.05, 3.63) is 89.0 Å². The number of ether oxygens (including phenoxy) is 2. The molecule has 2 aromatic carbocycles. The zero-order valence-corrected chi connectivity index (χ0v) is 17.2. The van der Waals surface area contributed by atoms with Gasteiger partial charge in [-0.15, -0.1) is 13.2 Å². The Morgan fingerprint density at radius 1 is 1.12 bits per heavy atom. The molecule has 0 aliphatic carbocycles. The highest BCUT2D eigenvalue weighted by Gasteiger charge is 2.42. The number of fused-ring (bicyclic) bond motifs is 1. The minimum Gasteiger partial charge on any atom is -0.493 e. The molecule has 1 aliphatic heterocycles. The molecule has 0 bridgehead atoms. The van der Waals surface area contributed by atoms with Gasteiger partial charge < -0.3 is 19.9 Å². The van der Waals surface area contributed by atoms with E-state index in [4.69, 9.17) is 9.84 Å². The molecular formula is C23H16F4N2O5. The van der Waals surface area contributed by atoms with Crippen LogP contribution in [-0.2, 0) is 5.54 Å². The number of hydrogen-bond donors (Lipinski definition) is 2. The largest absolute Gasteiger partial charge is 0.573 e. The predicted molar refractivity (Wildman–Crippen MR) is 109 cm³/mol. The molecule has 1 aliphatic rings. The minimum atomic E-state index is -5.08. The number of carbonyl (C=O) groups is 2. The lowest BCUT2D eigenvalue weighted by Crippen LogP contribution is -2.50. The summed E-state index contributed by atoms with van der Waals surface area (Å²) >= 11 is 0. The van der Waals surface area contributed by atoms with Crippen LogP contribution in [0.2, 0.25) is 0 Å². The monoisotopic (exact) mass is 476 g/mol. The van der Waals surface area contributed by atoms with Gasteiger partial charge in [0.2, 0.25) is 0 Å². The number of aromatic nitrogens is 1. The molecule has 1 amide bonds. The maximum Gasteiger partial charge on any atom is 0.573 e. The molecule has 1 atom stereocenters. The first kappa shape index (κ1) is 23.0. The van der Waals surface area contributed by atoms with Crippen molar-refractivity contribution in [3.63, 3.8) is 0 Å². The zero-order chi connectivity index (χ0) is 24.5. The van der Waals surface area contributed by atoms with E-state index < -0.39 is 35.3 Å². The molecule has 0 unspecified atom stereocenters. The van der Waals surface area contributed by atoms with E-state index in [1.165, 1.54) is 18.2 Å². The zero-order valence-electron chi connectivity index (χ0n) is 17.2. The van der Waals surface area contributed by atoms with Gasteiger partial charge in [0.25, 0.3) is 5.91 Å². The van der Waals surface area contributed by atoms with E-state index in [-0.39, 0.29) is 29.8 Å². The molecule has 11 heteroatoms. The molecule has 0 saturated heterocycles. The van der Waals surface area contributed by atoms with E-state index in [2.05, 4.69) is 15.0 Å². The lowest BCUT2D eigenvalue weighted by molar-refractivity contribution is -0.275. The lowest BCUT2D eigenvalue weighted by atomic mass is 9.78. The molecular weight excluding hydrogens is 460 g/mol. The molecule has 3 aromatic rings. The van der Waals surface area contributed by atoms with Crippen LogP contribution in [0.1, 0.15) is 38.4 Å². The summed E-state index contributed by atoms with van der Waals surface area (Å²) < 4.78 is 61.7. The van der Waals surface area contributed by atoms with Gasteiger partial charge in [-0.25, -0.2) is 9.18 Å². The normalized spacial score (nSPS) is 17.3. The van der Waals surface area contributed by atoms with E-state index in [9.17, 15) is 27.2 Å². The summed E-state index contributed by atoms with van der Waals surface area (Å²) in [6.07, 6.45) is -3.93. The maximum absolute atomic E-state index is 14.6. The molecule has 1 aromatic heterocycles. The number of aromatic carboxylic acids is 1. The second-order valence-electron chi connectivity index (χ2n) is 7.38. The van der Waals surface area contributed by atoms with Crippen LogP contribution in [0.4, 0.5) is 17.6 Å². The Hall–Kier alpha value is -4.15. The Balaban J connectivity index is 1.78. The molecule has 0 radical (unpaired) electrons. The Kier molecular flexibility index (Phi) is 5.86. The highest BCUT2D eigenvalue weighted by molar-refractivity contribution is 5.94. The van der Waals surface area contributed by atoms with Gasteiger partial charge in [-0.1, -0.05) is 24.3 Å². The highest BCUT2D eigenvalue weighted by atomic mass is 19.4. The number of para-hydroxylation sites is 1. The van der Waals surface area contributed by atoms with Gasteiger partial charge in [0.05, 0.1) is 17.7 Å². The van der Waals surface area contributed by atoms with Crippen LogP contribution < -0.4 is 14.8 Å². The average molecular weight is 476 g/mol. The summed E-state index contributed by atoms with van der Waals surface area (Å²) in [7, 11) is 0. The number of carboxylic acids is 1. The third kappa shape index (κ3) is 4.49. The number of halogens is 4. The summed E-state index contributed by atoms with van der Waals surface area (Å²) in [6, 6.07) is 12.0. The molecule has 34 heavy (non-hydrogen) atoms. The van der Waals surface area contributed by atoms with Crippen molar-refractivity contribution in [1.82, 2.24) is 10.3 Å². The number of carboxylic acid groups (broad SMARTS) is 1. The first-order valence-electron chi connectivity index (χ1n) is 9.89. The fourth-order valence-electron chi connectivity index (χ4n) is 3.78. The van der Waals surface area contributed by atoms with Crippen LogP contribution in [0.3, 0.4) is 0 Å². The van der Waals surface area contributed by atoms with Gasteiger partial charge in [-0.05, 0) is 35.9 Å². The van der Waals surface area contributed by atoms with Crippen LogP contribution in [0, 0.1) is 5.82 Å². The third-order valence-electron chi connectivity index (χ3n) is 5.30. The van der Waals surface area contributed by atoms with Crippen LogP contribution in [0.25, 0.3) is 0 Å². The molecule has 2 heterocycles. The third-order valence-corrected chi connectivity index (χ3v) is 5.30. The van der Waals surface area contributed by atoms with Crippen LogP contribution in [0.5, 0.6) is 11.5 Å². The molecule has 4 rings (SSSR count). The predicted octanol–water partition coefficient (Wildman–Crippen LogP) is 4.27. The van der Waals surface area contributed by atoms with Crippen molar-refractivity contribution >= 4 is 11.9 Å². The second kappa shape index (κ2) is 8.65. The Morgan fingerprint density at radius 2 is 1.88 bits per heavy atom. The van der Waals surface area contributed by atoms with Crippen molar-refractivity contribution in [1.29, 1.82) is 0 Å². The van der Waals surface area contributed by atoms with Crippen molar-refractivity contribution < 1.29 is 41.7 Å². The number of amides is 1. The van der Waals surface area contributed by atoms with E-state index in [1.807, 2.05) is 0 Å². The van der Waals surface area contributed by atoms with E-state index in [0.717, 1.165) is 18.3 Å². The average Bonchev–Trinajstić information content (AvgIpc) is 2.79. The number of nitrogens with zero attached hydrogens (tertiary/aromatic N) is 1. The van der Waals surface area contributed by atoms with E-state index in [1.54, 1.807) is 24.3 Å². The second-order valence-corrected chi connectivity index (χ2v) is 7.38. The topological polar surface area (TPSA) is 97.8 Å². The van der Waals surface area contributed by atoms with Crippen LogP contribution in [0.15, 0.2) is 60.8 Å². The molecule has 176 valence electrons. The van der Waals surface area contributed by atoms with E-state index >= 15 is 0 Å². The smallest absolute Gasteiger partial charge is 0.493 e. The van der Waals surface area contributed by atoms with Crippen molar-refractivity contribution in [3.8, 4) is 11.5 Å². The molecule has 0 fully saturated rings. The van der Waals surface area contributed by atoms with Crippen LogP contribution >= 0.6 is 0 Å². The summed E-state index contributed by atoms with van der Waals surface area (Å²) in [5.74, 6) is -3.80. The maximum atomic E-state index is 14.6. The number of hydrogen-bond acceptors (Lipinski definition) is 5. The minimum absolute atomic E-state index is 0.106. The SMILES string of the molecule is O=C(O)c1ccc(C(=O)N[C@]2(c3ccc(OC(F)(F)F)c(F)c3)CCOc3ccccc32)nc1. The Morgan fingerprint density at radius 3 is 2.53 bits per heavy atom. The van der Waals surface area contributed by atoms with Crippen molar-refractivity contribution in [2.75, 3.05) is 6.61 Å². The summed E-state index contributed by atoms with van der Waals surface area (Å²) in [5, 5.41) is 11.8.